The number of ether oxygens (including phenoxy) is 3. The monoisotopic (exact) mass is 541 g/mol. The number of rotatable bonds is 10. The van der Waals surface area contributed by atoms with Crippen LogP contribution in [0.1, 0.15) is 69.0 Å². The molecule has 200 valence electrons. The number of amides is 1. The highest BCUT2D eigenvalue weighted by molar-refractivity contribution is 7.90. The predicted molar refractivity (Wildman–Crippen MR) is 139 cm³/mol. The Bertz CT molecular complexity index is 1540. The van der Waals surface area contributed by atoms with E-state index in [0.29, 0.717) is 18.4 Å². The van der Waals surface area contributed by atoms with Crippen molar-refractivity contribution in [2.45, 2.75) is 50.5 Å². The van der Waals surface area contributed by atoms with Gasteiger partial charge in [-0.2, -0.15) is 0 Å². The van der Waals surface area contributed by atoms with Crippen LogP contribution in [0.3, 0.4) is 0 Å². The van der Waals surface area contributed by atoms with Crippen LogP contribution >= 0.6 is 0 Å². The molecule has 0 aromatic heterocycles. The average molecular weight is 542 g/mol. The lowest BCUT2D eigenvalue weighted by Gasteiger charge is -2.21. The Labute approximate surface area is 224 Å². The minimum atomic E-state index is -4.29. The maximum atomic E-state index is 13.5. The molecular weight excluding hydrogens is 510 g/mol. The summed E-state index contributed by atoms with van der Waals surface area (Å²) in [5.74, 6) is -1.66. The van der Waals surface area contributed by atoms with E-state index in [0.717, 1.165) is 5.56 Å². The molecule has 2 N–H and O–H groups in total. The molecule has 0 aliphatic carbocycles. The lowest BCUT2D eigenvalue weighted by atomic mass is 10.0. The van der Waals surface area contributed by atoms with Crippen LogP contribution in [0.4, 0.5) is 0 Å². The Morgan fingerprint density at radius 1 is 1.03 bits per heavy atom. The van der Waals surface area contributed by atoms with Gasteiger partial charge in [-0.05, 0) is 65.9 Å². The average Bonchev–Trinajstić information content (AvgIpc) is 3.20. The van der Waals surface area contributed by atoms with Crippen LogP contribution in [-0.2, 0) is 21.2 Å². The number of benzene rings is 3. The topological polar surface area (TPSA) is 128 Å². The summed E-state index contributed by atoms with van der Waals surface area (Å²) in [7, 11) is -4.29. The molecule has 0 saturated carbocycles. The summed E-state index contributed by atoms with van der Waals surface area (Å²) in [4.78, 5) is 24.9. The van der Waals surface area contributed by atoms with E-state index in [1.54, 1.807) is 12.1 Å². The second kappa shape index (κ2) is 11.1. The quantitative estimate of drug-likeness (QED) is 0.374. The zero-order valence-electron chi connectivity index (χ0n) is 23.1. The first-order valence-electron chi connectivity index (χ1n) is 13.0. The predicted octanol–water partition coefficient (Wildman–Crippen LogP) is 4.81. The SMILES string of the molecule is [2H]C1([2H])Oc2ccc(C(Oc3ccc(C(=O)O)cc3CCC)C(=O)NS(=O)(=O)c3ccc(C(C)C)cc3)cc2O1. The molecule has 1 atom stereocenters. The second-order valence-electron chi connectivity index (χ2n) is 9.06. The van der Waals surface area contributed by atoms with E-state index >= 15 is 0 Å². The van der Waals surface area contributed by atoms with Crippen molar-refractivity contribution in [3.63, 3.8) is 0 Å². The van der Waals surface area contributed by atoms with Gasteiger partial charge in [0.1, 0.15) is 8.49 Å². The number of carboxylic acid groups (broad SMARTS) is 1. The van der Waals surface area contributed by atoms with Gasteiger partial charge in [0.2, 0.25) is 12.8 Å². The lowest BCUT2D eigenvalue weighted by Crippen LogP contribution is -2.37. The third-order valence-electron chi connectivity index (χ3n) is 5.98. The van der Waals surface area contributed by atoms with E-state index in [2.05, 4.69) is 4.72 Å². The molecular formula is C28H29NO8S. The van der Waals surface area contributed by atoms with E-state index in [1.807, 2.05) is 20.8 Å². The number of fused-ring (bicyclic) bond motifs is 1. The fourth-order valence-corrected chi connectivity index (χ4v) is 4.92. The van der Waals surface area contributed by atoms with Crippen LogP contribution in [0.25, 0.3) is 0 Å². The molecule has 0 radical (unpaired) electrons. The van der Waals surface area contributed by atoms with Crippen molar-refractivity contribution in [2.75, 3.05) is 6.75 Å². The minimum absolute atomic E-state index is 0.00559. The maximum Gasteiger partial charge on any atom is 0.335 e. The Kier molecular flexibility index (Phi) is 7.12. The Morgan fingerprint density at radius 3 is 2.37 bits per heavy atom. The molecule has 3 aromatic carbocycles. The van der Waals surface area contributed by atoms with Crippen molar-refractivity contribution in [3.8, 4) is 17.2 Å². The molecule has 0 saturated heterocycles. The number of nitrogens with one attached hydrogen (secondary N) is 1. The standard InChI is InChI=1S/C28H29NO8S/c1-4-5-19-14-21(28(31)32)9-12-23(19)37-26(20-8-13-24-25(15-20)36-16-35-24)27(30)29-38(33,34)22-10-6-18(7-11-22)17(2)3/h6-15,17,26H,4-5,16H2,1-3H3,(H,29,30)(H,31,32)/i16D2. The number of carbonyl (C=O) groups excluding carboxylic acids is 1. The fraction of sp³-hybridized carbons (Fsp3) is 0.286. The molecule has 9 nitrogen and oxygen atoms in total. The van der Waals surface area contributed by atoms with Gasteiger partial charge in [-0.15, -0.1) is 0 Å². The van der Waals surface area contributed by atoms with E-state index in [-0.39, 0.29) is 39.2 Å². The number of carbonyl (C=O) groups is 2. The molecule has 3 aromatic rings. The van der Waals surface area contributed by atoms with Gasteiger partial charge in [0.05, 0.1) is 10.5 Å². The van der Waals surface area contributed by atoms with Crippen LogP contribution in [0.2, 0.25) is 0 Å². The van der Waals surface area contributed by atoms with Crippen molar-refractivity contribution < 1.29 is 40.1 Å². The summed E-state index contributed by atoms with van der Waals surface area (Å²) in [6, 6.07) is 14.5. The zero-order chi connectivity index (χ0) is 29.2. The van der Waals surface area contributed by atoms with Gasteiger partial charge in [-0.25, -0.2) is 17.9 Å². The van der Waals surface area contributed by atoms with Crippen molar-refractivity contribution in [2.24, 2.45) is 0 Å². The van der Waals surface area contributed by atoms with Crippen molar-refractivity contribution in [1.82, 2.24) is 4.72 Å². The van der Waals surface area contributed by atoms with Gasteiger partial charge in [-0.1, -0.05) is 45.4 Å². The van der Waals surface area contributed by atoms with Gasteiger partial charge < -0.3 is 19.3 Å². The molecule has 1 heterocycles. The lowest BCUT2D eigenvalue weighted by molar-refractivity contribution is -0.126. The highest BCUT2D eigenvalue weighted by atomic mass is 32.2. The summed E-state index contributed by atoms with van der Waals surface area (Å²) >= 11 is 0. The third kappa shape index (κ3) is 5.91. The van der Waals surface area contributed by atoms with Crippen molar-refractivity contribution in [1.29, 1.82) is 0 Å². The van der Waals surface area contributed by atoms with Gasteiger partial charge in [0, 0.05) is 5.56 Å². The first-order chi connectivity index (χ1) is 18.8. The van der Waals surface area contributed by atoms with Crippen LogP contribution < -0.4 is 18.9 Å². The molecule has 1 aliphatic rings. The normalized spacial score (nSPS) is 15.4. The molecule has 1 unspecified atom stereocenters. The molecule has 0 fully saturated rings. The summed E-state index contributed by atoms with van der Waals surface area (Å²) < 4.78 is 60.0. The van der Waals surface area contributed by atoms with Crippen LogP contribution in [0.15, 0.2) is 65.6 Å². The van der Waals surface area contributed by atoms with Gasteiger partial charge >= 0.3 is 5.97 Å². The summed E-state index contributed by atoms with van der Waals surface area (Å²) in [6.45, 7) is 3.43. The molecule has 38 heavy (non-hydrogen) atoms. The van der Waals surface area contributed by atoms with Gasteiger partial charge in [0.25, 0.3) is 15.9 Å². The molecule has 1 amide bonds. The van der Waals surface area contributed by atoms with Crippen LogP contribution in [0, 0.1) is 0 Å². The second-order valence-corrected chi connectivity index (χ2v) is 10.7. The Morgan fingerprint density at radius 2 is 1.71 bits per heavy atom. The largest absolute Gasteiger partial charge is 0.478 e. The molecule has 4 rings (SSSR count). The number of sulfonamides is 1. The maximum absolute atomic E-state index is 13.5. The van der Waals surface area contributed by atoms with Gasteiger partial charge in [-0.3, -0.25) is 4.79 Å². The Balaban J connectivity index is 1.71. The third-order valence-corrected chi connectivity index (χ3v) is 7.34. The number of hydrogen-bond donors (Lipinski definition) is 2. The first kappa shape index (κ1) is 24.3. The summed E-state index contributed by atoms with van der Waals surface area (Å²) in [5, 5.41) is 9.40. The summed E-state index contributed by atoms with van der Waals surface area (Å²) in [6.07, 6.45) is -0.445. The smallest absolute Gasteiger partial charge is 0.335 e. The highest BCUT2D eigenvalue weighted by Gasteiger charge is 2.30. The van der Waals surface area contributed by atoms with E-state index in [9.17, 15) is 23.1 Å². The van der Waals surface area contributed by atoms with Gasteiger partial charge in [0.15, 0.2) is 11.5 Å². The van der Waals surface area contributed by atoms with Crippen LogP contribution in [0.5, 0.6) is 17.2 Å². The highest BCUT2D eigenvalue weighted by Crippen LogP contribution is 2.36. The number of hydrogen-bond acceptors (Lipinski definition) is 7. The molecule has 10 heteroatoms. The number of aryl methyl sites for hydroxylation is 1. The molecule has 0 spiro atoms. The van der Waals surface area contributed by atoms with Crippen LogP contribution in [-0.4, -0.2) is 32.1 Å². The van der Waals surface area contributed by atoms with Crippen molar-refractivity contribution >= 4 is 21.9 Å². The first-order valence-corrected chi connectivity index (χ1v) is 13.5. The van der Waals surface area contributed by atoms with E-state index < -0.39 is 34.7 Å². The minimum Gasteiger partial charge on any atom is -0.478 e. The number of carboxylic acids is 1. The zero-order valence-corrected chi connectivity index (χ0v) is 21.9. The fourth-order valence-electron chi connectivity index (χ4n) is 3.93. The summed E-state index contributed by atoms with van der Waals surface area (Å²) in [5.41, 5.74) is 1.64. The van der Waals surface area contributed by atoms with E-state index in [1.165, 1.54) is 48.5 Å². The van der Waals surface area contributed by atoms with Crippen molar-refractivity contribution in [3.05, 3.63) is 82.9 Å². The Hall–Kier alpha value is -4.05. The van der Waals surface area contributed by atoms with E-state index in [4.69, 9.17) is 17.0 Å². The molecule has 1 aliphatic heterocycles. The number of aromatic carboxylic acids is 1. The molecule has 0 bridgehead atoms.